The first kappa shape index (κ1) is 8.57. The number of likely N-dealkylation sites (tertiary alicyclic amines) is 1. The van der Waals surface area contributed by atoms with Gasteiger partial charge in [0.2, 0.25) is 5.91 Å². The van der Waals surface area contributed by atoms with Gasteiger partial charge in [0.1, 0.15) is 0 Å². The smallest absolute Gasteiger partial charge is 0.222 e. The second-order valence-electron chi connectivity index (χ2n) is 3.61. The quantitative estimate of drug-likeness (QED) is 0.564. The molecule has 1 rings (SSSR count). The van der Waals surface area contributed by atoms with Crippen molar-refractivity contribution in [1.29, 1.82) is 0 Å². The monoisotopic (exact) mass is 155 g/mol. The molecule has 1 amide bonds. The number of carbonyl (C=O) groups is 1. The van der Waals surface area contributed by atoms with E-state index in [1.54, 1.807) is 0 Å². The molecule has 0 N–H and O–H groups in total. The molecule has 0 spiro atoms. The summed E-state index contributed by atoms with van der Waals surface area (Å²) in [5, 5.41) is 0. The van der Waals surface area contributed by atoms with Gasteiger partial charge in [-0.05, 0) is 18.8 Å². The third-order valence-corrected chi connectivity index (χ3v) is 2.61. The van der Waals surface area contributed by atoms with Gasteiger partial charge in [0, 0.05) is 19.5 Å². The van der Waals surface area contributed by atoms with Crippen molar-refractivity contribution < 1.29 is 4.79 Å². The minimum atomic E-state index is 0.315. The van der Waals surface area contributed by atoms with Crippen LogP contribution in [0, 0.1) is 5.92 Å². The van der Waals surface area contributed by atoms with Gasteiger partial charge in [-0.2, -0.15) is 0 Å². The van der Waals surface area contributed by atoms with E-state index in [1.807, 2.05) is 11.9 Å². The zero-order valence-electron chi connectivity index (χ0n) is 7.63. The molecule has 0 saturated carbocycles. The van der Waals surface area contributed by atoms with Crippen LogP contribution in [0.4, 0.5) is 0 Å². The second kappa shape index (κ2) is 3.24. The molecule has 0 aromatic rings. The standard InChI is InChI=1S/C9H17NO/c1-4-8-5-7(2)6-9(11)10(8)3/h7-8H,4-6H2,1-3H3/t7-,8+/m1/s1. The fraction of sp³-hybridized carbons (Fsp3) is 0.889. The lowest BCUT2D eigenvalue weighted by Crippen LogP contribution is -2.42. The van der Waals surface area contributed by atoms with Gasteiger partial charge in [-0.3, -0.25) is 4.79 Å². The number of carbonyl (C=O) groups excluding carboxylic acids is 1. The van der Waals surface area contributed by atoms with E-state index in [1.165, 1.54) is 6.42 Å². The Kier molecular flexibility index (Phi) is 2.53. The molecule has 0 radical (unpaired) electrons. The average Bonchev–Trinajstić information content (AvgIpc) is 1.96. The predicted octanol–water partition coefficient (Wildman–Crippen LogP) is 1.65. The van der Waals surface area contributed by atoms with Gasteiger partial charge >= 0.3 is 0 Å². The van der Waals surface area contributed by atoms with E-state index in [0.29, 0.717) is 17.9 Å². The van der Waals surface area contributed by atoms with E-state index in [-0.39, 0.29) is 0 Å². The van der Waals surface area contributed by atoms with Crippen LogP contribution in [-0.2, 0) is 4.79 Å². The largest absolute Gasteiger partial charge is 0.343 e. The molecule has 1 heterocycles. The summed E-state index contributed by atoms with van der Waals surface area (Å²) < 4.78 is 0. The first-order valence-corrected chi connectivity index (χ1v) is 4.40. The Labute approximate surface area is 68.6 Å². The normalized spacial score (nSPS) is 32.6. The Bertz CT molecular complexity index is 156. The molecule has 0 aromatic heterocycles. The average molecular weight is 155 g/mol. The predicted molar refractivity (Wildman–Crippen MR) is 45.2 cm³/mol. The highest BCUT2D eigenvalue weighted by atomic mass is 16.2. The summed E-state index contributed by atoms with van der Waals surface area (Å²) >= 11 is 0. The van der Waals surface area contributed by atoms with Crippen LogP contribution in [0.25, 0.3) is 0 Å². The van der Waals surface area contributed by atoms with Crippen LogP contribution in [0.5, 0.6) is 0 Å². The van der Waals surface area contributed by atoms with E-state index in [0.717, 1.165) is 12.8 Å². The van der Waals surface area contributed by atoms with Crippen molar-refractivity contribution in [2.45, 2.75) is 39.2 Å². The summed E-state index contributed by atoms with van der Waals surface area (Å²) in [5.74, 6) is 0.902. The molecule has 0 aromatic carbocycles. The van der Waals surface area contributed by atoms with E-state index < -0.39 is 0 Å². The van der Waals surface area contributed by atoms with Crippen LogP contribution in [0.1, 0.15) is 33.1 Å². The van der Waals surface area contributed by atoms with Crippen LogP contribution in [0.15, 0.2) is 0 Å². The fourth-order valence-electron chi connectivity index (χ4n) is 1.79. The van der Waals surface area contributed by atoms with Crippen molar-refractivity contribution >= 4 is 5.91 Å². The number of piperidine rings is 1. The highest BCUT2D eigenvalue weighted by Crippen LogP contribution is 2.23. The maximum absolute atomic E-state index is 11.3. The van der Waals surface area contributed by atoms with Crippen LogP contribution >= 0.6 is 0 Å². The van der Waals surface area contributed by atoms with E-state index in [9.17, 15) is 4.79 Å². The molecule has 11 heavy (non-hydrogen) atoms. The molecule has 64 valence electrons. The summed E-state index contributed by atoms with van der Waals surface area (Å²) in [4.78, 5) is 13.2. The summed E-state index contributed by atoms with van der Waals surface area (Å²) in [6.45, 7) is 4.31. The molecule has 2 nitrogen and oxygen atoms in total. The highest BCUT2D eigenvalue weighted by molar-refractivity contribution is 5.77. The zero-order chi connectivity index (χ0) is 8.43. The van der Waals surface area contributed by atoms with Gasteiger partial charge in [-0.1, -0.05) is 13.8 Å². The Balaban J connectivity index is 2.58. The topological polar surface area (TPSA) is 20.3 Å². The SMILES string of the molecule is CC[C@H]1C[C@@H](C)CC(=O)N1C. The Morgan fingerprint density at radius 1 is 1.64 bits per heavy atom. The zero-order valence-corrected chi connectivity index (χ0v) is 7.63. The van der Waals surface area contributed by atoms with Crippen LogP contribution in [0.2, 0.25) is 0 Å². The molecule has 2 heteroatoms. The summed E-state index contributed by atoms with van der Waals surface area (Å²) in [6, 6.07) is 0.492. The van der Waals surface area contributed by atoms with E-state index in [4.69, 9.17) is 0 Å². The van der Waals surface area contributed by atoms with Crippen molar-refractivity contribution in [2.24, 2.45) is 5.92 Å². The Morgan fingerprint density at radius 2 is 2.27 bits per heavy atom. The van der Waals surface area contributed by atoms with Crippen LogP contribution < -0.4 is 0 Å². The highest BCUT2D eigenvalue weighted by Gasteiger charge is 2.27. The van der Waals surface area contributed by atoms with Crippen molar-refractivity contribution in [2.75, 3.05) is 7.05 Å². The third-order valence-electron chi connectivity index (χ3n) is 2.61. The van der Waals surface area contributed by atoms with Crippen molar-refractivity contribution in [3.05, 3.63) is 0 Å². The molecule has 1 saturated heterocycles. The van der Waals surface area contributed by atoms with Crippen molar-refractivity contribution in [3.63, 3.8) is 0 Å². The first-order chi connectivity index (χ1) is 5.15. The number of hydrogen-bond donors (Lipinski definition) is 0. The summed E-state index contributed by atoms with van der Waals surface area (Å²) in [7, 11) is 1.92. The molecule has 0 bridgehead atoms. The van der Waals surface area contributed by atoms with Crippen molar-refractivity contribution in [3.8, 4) is 0 Å². The Hall–Kier alpha value is -0.530. The number of amides is 1. The Morgan fingerprint density at radius 3 is 2.82 bits per heavy atom. The fourth-order valence-corrected chi connectivity index (χ4v) is 1.79. The van der Waals surface area contributed by atoms with Gasteiger partial charge < -0.3 is 4.90 Å². The third kappa shape index (κ3) is 1.73. The van der Waals surface area contributed by atoms with Gasteiger partial charge in [-0.15, -0.1) is 0 Å². The molecule has 1 aliphatic heterocycles. The molecule has 1 fully saturated rings. The minimum Gasteiger partial charge on any atom is -0.343 e. The number of hydrogen-bond acceptors (Lipinski definition) is 1. The van der Waals surface area contributed by atoms with Gasteiger partial charge in [0.05, 0.1) is 0 Å². The number of rotatable bonds is 1. The maximum Gasteiger partial charge on any atom is 0.222 e. The van der Waals surface area contributed by atoms with Gasteiger partial charge in [0.25, 0.3) is 0 Å². The maximum atomic E-state index is 11.3. The van der Waals surface area contributed by atoms with Crippen LogP contribution in [-0.4, -0.2) is 23.9 Å². The number of nitrogens with zero attached hydrogens (tertiary/aromatic N) is 1. The lowest BCUT2D eigenvalue weighted by molar-refractivity contribution is -0.136. The second-order valence-corrected chi connectivity index (χ2v) is 3.61. The van der Waals surface area contributed by atoms with Crippen LogP contribution in [0.3, 0.4) is 0 Å². The summed E-state index contributed by atoms with van der Waals surface area (Å²) in [5.41, 5.74) is 0. The molecule has 1 aliphatic rings. The lowest BCUT2D eigenvalue weighted by Gasteiger charge is -2.35. The molecule has 2 atom stereocenters. The first-order valence-electron chi connectivity index (χ1n) is 4.40. The molecular weight excluding hydrogens is 138 g/mol. The van der Waals surface area contributed by atoms with Gasteiger partial charge in [-0.25, -0.2) is 0 Å². The minimum absolute atomic E-state index is 0.315. The lowest BCUT2D eigenvalue weighted by atomic mass is 9.91. The van der Waals surface area contributed by atoms with Crippen molar-refractivity contribution in [1.82, 2.24) is 4.90 Å². The molecule has 0 unspecified atom stereocenters. The molecular formula is C9H17NO. The van der Waals surface area contributed by atoms with Gasteiger partial charge in [0.15, 0.2) is 0 Å². The van der Waals surface area contributed by atoms with E-state index in [2.05, 4.69) is 13.8 Å². The molecule has 0 aliphatic carbocycles. The van der Waals surface area contributed by atoms with E-state index >= 15 is 0 Å². The summed E-state index contributed by atoms with van der Waals surface area (Å²) in [6.07, 6.45) is 3.01.